The molecule has 0 amide bonds. The molecule has 0 unspecified atom stereocenters. The normalized spacial score (nSPS) is 10.7. The summed E-state index contributed by atoms with van der Waals surface area (Å²) in [5, 5.41) is 8.07. The summed E-state index contributed by atoms with van der Waals surface area (Å²) in [5.41, 5.74) is 3.30. The van der Waals surface area contributed by atoms with Crippen molar-refractivity contribution in [3.05, 3.63) is 64.0 Å². The van der Waals surface area contributed by atoms with Gasteiger partial charge in [0.25, 0.3) is 5.89 Å². The number of rotatable bonds is 4. The van der Waals surface area contributed by atoms with Gasteiger partial charge < -0.3 is 9.15 Å². The minimum absolute atomic E-state index is 0.253. The number of halogens is 1. The molecule has 0 bridgehead atoms. The fourth-order valence-electron chi connectivity index (χ4n) is 2.00. The highest BCUT2D eigenvalue weighted by Gasteiger charge is 2.09. The molecular weight excluding hydrogens is 344 g/mol. The summed E-state index contributed by atoms with van der Waals surface area (Å²) in [6.07, 6.45) is 0. The van der Waals surface area contributed by atoms with Crippen molar-refractivity contribution in [1.82, 2.24) is 10.2 Å². The fraction of sp³-hybridized carbons (Fsp3) is 0.176. The van der Waals surface area contributed by atoms with Gasteiger partial charge >= 0.3 is 0 Å². The van der Waals surface area contributed by atoms with Crippen molar-refractivity contribution < 1.29 is 9.15 Å². The van der Waals surface area contributed by atoms with E-state index in [4.69, 9.17) is 9.15 Å². The third-order valence-corrected chi connectivity index (χ3v) is 3.87. The minimum atomic E-state index is 0.253. The average molecular weight is 359 g/mol. The third kappa shape index (κ3) is 3.36. The van der Waals surface area contributed by atoms with Crippen LogP contribution in [-0.4, -0.2) is 10.2 Å². The second kappa shape index (κ2) is 6.32. The number of nitrogens with zero attached hydrogens (tertiary/aromatic N) is 2. The summed E-state index contributed by atoms with van der Waals surface area (Å²) in [7, 11) is 0. The van der Waals surface area contributed by atoms with E-state index in [1.165, 1.54) is 11.1 Å². The molecule has 0 saturated carbocycles. The highest BCUT2D eigenvalue weighted by atomic mass is 79.9. The zero-order valence-corrected chi connectivity index (χ0v) is 13.9. The van der Waals surface area contributed by atoms with Crippen LogP contribution >= 0.6 is 15.9 Å². The predicted octanol–water partition coefficient (Wildman–Crippen LogP) is 4.69. The van der Waals surface area contributed by atoms with Gasteiger partial charge in [0.2, 0.25) is 5.89 Å². The van der Waals surface area contributed by atoms with Crippen molar-refractivity contribution in [2.45, 2.75) is 20.5 Å². The number of benzene rings is 2. The summed E-state index contributed by atoms with van der Waals surface area (Å²) >= 11 is 3.43. The molecule has 0 aliphatic heterocycles. The lowest BCUT2D eigenvalue weighted by atomic mass is 10.1. The van der Waals surface area contributed by atoms with Crippen LogP contribution in [0.15, 0.2) is 51.4 Å². The van der Waals surface area contributed by atoms with Gasteiger partial charge in [-0.15, -0.1) is 10.2 Å². The average Bonchev–Trinajstić information content (AvgIpc) is 2.97. The molecule has 22 heavy (non-hydrogen) atoms. The fourth-order valence-corrected chi connectivity index (χ4v) is 2.40. The first kappa shape index (κ1) is 14.8. The van der Waals surface area contributed by atoms with Crippen molar-refractivity contribution in [1.29, 1.82) is 0 Å². The number of hydrogen-bond acceptors (Lipinski definition) is 4. The highest BCUT2D eigenvalue weighted by molar-refractivity contribution is 9.10. The molecule has 2 aromatic carbocycles. The molecule has 0 spiro atoms. The summed E-state index contributed by atoms with van der Waals surface area (Å²) < 4.78 is 12.3. The van der Waals surface area contributed by atoms with E-state index in [-0.39, 0.29) is 6.61 Å². The SMILES string of the molecule is Cc1ccc(OCc2nnc(-c3cccc(Br)c3)o2)cc1C. The Morgan fingerprint density at radius 2 is 1.91 bits per heavy atom. The molecule has 0 N–H and O–H groups in total. The molecule has 0 saturated heterocycles. The first-order valence-corrected chi connectivity index (χ1v) is 7.69. The Balaban J connectivity index is 1.70. The Labute approximate surface area is 137 Å². The molecule has 3 rings (SSSR count). The maximum absolute atomic E-state index is 5.70. The first-order chi connectivity index (χ1) is 10.6. The first-order valence-electron chi connectivity index (χ1n) is 6.90. The molecule has 3 aromatic rings. The van der Waals surface area contributed by atoms with Crippen LogP contribution in [0.25, 0.3) is 11.5 Å². The van der Waals surface area contributed by atoms with Crippen molar-refractivity contribution in [3.8, 4) is 17.2 Å². The van der Waals surface area contributed by atoms with Gasteiger partial charge in [-0.3, -0.25) is 0 Å². The van der Waals surface area contributed by atoms with E-state index in [9.17, 15) is 0 Å². The molecule has 0 aliphatic carbocycles. The third-order valence-electron chi connectivity index (χ3n) is 3.38. The molecule has 0 atom stereocenters. The van der Waals surface area contributed by atoms with Gasteiger partial charge in [0, 0.05) is 10.0 Å². The van der Waals surface area contributed by atoms with Gasteiger partial charge in [-0.05, 0) is 55.3 Å². The lowest BCUT2D eigenvalue weighted by Crippen LogP contribution is -1.96. The molecule has 1 heterocycles. The van der Waals surface area contributed by atoms with E-state index < -0.39 is 0 Å². The molecule has 112 valence electrons. The lowest BCUT2D eigenvalue weighted by molar-refractivity contribution is 0.264. The van der Waals surface area contributed by atoms with Gasteiger partial charge in [0.15, 0.2) is 6.61 Å². The van der Waals surface area contributed by atoms with E-state index in [0.29, 0.717) is 11.8 Å². The second-order valence-corrected chi connectivity index (χ2v) is 5.96. The summed E-state index contributed by atoms with van der Waals surface area (Å²) in [4.78, 5) is 0. The Morgan fingerprint density at radius 3 is 2.68 bits per heavy atom. The van der Waals surface area contributed by atoms with Crippen molar-refractivity contribution >= 4 is 15.9 Å². The Hall–Kier alpha value is -2.14. The van der Waals surface area contributed by atoms with Gasteiger partial charge in [0.05, 0.1) is 0 Å². The predicted molar refractivity (Wildman–Crippen MR) is 87.7 cm³/mol. The van der Waals surface area contributed by atoms with Crippen LogP contribution in [0, 0.1) is 13.8 Å². The summed E-state index contributed by atoms with van der Waals surface area (Å²) in [6.45, 7) is 4.38. The smallest absolute Gasteiger partial charge is 0.254 e. The van der Waals surface area contributed by atoms with Crippen molar-refractivity contribution in [2.75, 3.05) is 0 Å². The second-order valence-electron chi connectivity index (χ2n) is 5.05. The summed E-state index contributed by atoms with van der Waals surface area (Å²) in [5.74, 6) is 1.73. The minimum Gasteiger partial charge on any atom is -0.484 e. The highest BCUT2D eigenvalue weighted by Crippen LogP contribution is 2.22. The van der Waals surface area contributed by atoms with Crippen molar-refractivity contribution in [2.24, 2.45) is 0 Å². The maximum atomic E-state index is 5.70. The number of hydrogen-bond donors (Lipinski definition) is 0. The van der Waals surface area contributed by atoms with E-state index in [0.717, 1.165) is 15.8 Å². The molecular formula is C17H15BrN2O2. The van der Waals surface area contributed by atoms with Crippen molar-refractivity contribution in [3.63, 3.8) is 0 Å². The monoisotopic (exact) mass is 358 g/mol. The Bertz CT molecular complexity index is 799. The quantitative estimate of drug-likeness (QED) is 0.678. The zero-order valence-electron chi connectivity index (χ0n) is 12.3. The standard InChI is InChI=1S/C17H15BrN2O2/c1-11-6-7-15(8-12(11)2)21-10-16-19-20-17(22-16)13-4-3-5-14(18)9-13/h3-9H,10H2,1-2H3. The summed E-state index contributed by atoms with van der Waals surface area (Å²) in [6, 6.07) is 13.7. The van der Waals surface area contributed by atoms with E-state index in [1.54, 1.807) is 0 Å². The largest absolute Gasteiger partial charge is 0.484 e. The molecule has 0 fully saturated rings. The number of aromatic nitrogens is 2. The van der Waals surface area contributed by atoms with Gasteiger partial charge in [-0.1, -0.05) is 28.1 Å². The molecule has 1 aromatic heterocycles. The van der Waals surface area contributed by atoms with Crippen LogP contribution in [0.5, 0.6) is 5.75 Å². The topological polar surface area (TPSA) is 48.2 Å². The van der Waals surface area contributed by atoms with Gasteiger partial charge in [-0.25, -0.2) is 0 Å². The van der Waals surface area contributed by atoms with Gasteiger partial charge in [0.1, 0.15) is 5.75 Å². The van der Waals surface area contributed by atoms with Crippen LogP contribution in [0.2, 0.25) is 0 Å². The maximum Gasteiger partial charge on any atom is 0.254 e. The molecule has 5 heteroatoms. The lowest BCUT2D eigenvalue weighted by Gasteiger charge is -2.05. The molecule has 0 aliphatic rings. The Kier molecular flexibility index (Phi) is 4.24. The Morgan fingerprint density at radius 1 is 1.05 bits per heavy atom. The number of ether oxygens (including phenoxy) is 1. The zero-order chi connectivity index (χ0) is 15.5. The molecule has 4 nitrogen and oxygen atoms in total. The van der Waals surface area contributed by atoms with E-state index >= 15 is 0 Å². The van der Waals surface area contributed by atoms with Crippen LogP contribution < -0.4 is 4.74 Å². The van der Waals surface area contributed by atoms with Crippen LogP contribution in [-0.2, 0) is 6.61 Å². The number of aryl methyl sites for hydroxylation is 2. The van der Waals surface area contributed by atoms with Gasteiger partial charge in [-0.2, -0.15) is 0 Å². The van der Waals surface area contributed by atoms with Crippen LogP contribution in [0.1, 0.15) is 17.0 Å². The van der Waals surface area contributed by atoms with Crippen LogP contribution in [0.3, 0.4) is 0 Å². The van der Waals surface area contributed by atoms with E-state index in [1.807, 2.05) is 42.5 Å². The van der Waals surface area contributed by atoms with Crippen LogP contribution in [0.4, 0.5) is 0 Å². The molecule has 0 radical (unpaired) electrons. The van der Waals surface area contributed by atoms with E-state index in [2.05, 4.69) is 40.0 Å².